The first-order valence-corrected chi connectivity index (χ1v) is 9.77. The van der Waals surface area contributed by atoms with Crippen molar-refractivity contribution in [3.05, 3.63) is 57.6 Å². The Balaban J connectivity index is 2.06. The monoisotopic (exact) mass is 382 g/mol. The van der Waals surface area contributed by atoms with Crippen LogP contribution in [0.1, 0.15) is 42.1 Å². The van der Waals surface area contributed by atoms with Crippen LogP contribution in [0.15, 0.2) is 36.4 Å². The zero-order valence-electron chi connectivity index (χ0n) is 13.9. The molecule has 24 heavy (non-hydrogen) atoms. The highest BCUT2D eigenvalue weighted by molar-refractivity contribution is 7.66. The molecule has 0 radical (unpaired) electrons. The van der Waals surface area contributed by atoms with Crippen LogP contribution in [0.3, 0.4) is 0 Å². The van der Waals surface area contributed by atoms with Gasteiger partial charge in [0.25, 0.3) is 0 Å². The van der Waals surface area contributed by atoms with Crippen LogP contribution < -0.4 is 10.0 Å². The van der Waals surface area contributed by atoms with Crippen LogP contribution >= 0.6 is 31.8 Å². The van der Waals surface area contributed by atoms with Crippen LogP contribution in [0, 0.1) is 6.92 Å². The molecule has 0 aliphatic heterocycles. The lowest BCUT2D eigenvalue weighted by Crippen LogP contribution is -2.07. The lowest BCUT2D eigenvalue weighted by Gasteiger charge is -2.11. The van der Waals surface area contributed by atoms with E-state index in [0.29, 0.717) is 15.6 Å². The average molecular weight is 383 g/mol. The molecule has 0 amide bonds. The van der Waals surface area contributed by atoms with Crippen LogP contribution in [-0.4, -0.2) is 12.1 Å². The van der Waals surface area contributed by atoms with E-state index in [1.165, 1.54) is 12.8 Å². The van der Waals surface area contributed by atoms with Gasteiger partial charge in [-0.1, -0.05) is 55.1 Å². The number of hydrogen-bond acceptors (Lipinski definition) is 2. The molecule has 0 aromatic heterocycles. The predicted octanol–water partition coefficient (Wildman–Crippen LogP) is 6.02. The van der Waals surface area contributed by atoms with Gasteiger partial charge in [-0.15, -0.1) is 0 Å². The van der Waals surface area contributed by atoms with E-state index in [1.54, 1.807) is 18.2 Å². The van der Waals surface area contributed by atoms with E-state index < -0.39 is 0 Å². The highest BCUT2D eigenvalue weighted by atomic mass is 35.5. The molecule has 128 valence electrons. The topological polar surface area (TPSA) is 26.3 Å². The normalized spacial score (nSPS) is 11.2. The van der Waals surface area contributed by atoms with Crippen molar-refractivity contribution in [2.45, 2.75) is 33.1 Å². The standard InChI is InChI=1S/C19H21Cl2O2P/c1-3-4-5-11-23-14-9-10-17(13(2)12-14)24-19(22)18-15(20)7-6-8-16(18)21/h6-10,12,24H,3-5,11H2,1-2H3. The molecule has 0 heterocycles. The Morgan fingerprint density at radius 2 is 1.83 bits per heavy atom. The van der Waals surface area contributed by atoms with Gasteiger partial charge in [0.2, 0.25) is 0 Å². The van der Waals surface area contributed by atoms with E-state index in [4.69, 9.17) is 27.9 Å². The van der Waals surface area contributed by atoms with Gasteiger partial charge in [-0.05, 0) is 57.1 Å². The number of rotatable bonds is 8. The largest absolute Gasteiger partial charge is 0.494 e. The quantitative estimate of drug-likeness (QED) is 0.412. The molecule has 1 unspecified atom stereocenters. The van der Waals surface area contributed by atoms with Crippen molar-refractivity contribution in [2.24, 2.45) is 0 Å². The minimum atomic E-state index is -0.0506. The molecule has 2 aromatic carbocycles. The van der Waals surface area contributed by atoms with Crippen molar-refractivity contribution >= 4 is 42.6 Å². The van der Waals surface area contributed by atoms with Gasteiger partial charge in [0.15, 0.2) is 5.52 Å². The van der Waals surface area contributed by atoms with E-state index in [2.05, 4.69) is 6.92 Å². The minimum Gasteiger partial charge on any atom is -0.494 e. The second kappa shape index (κ2) is 9.42. The summed E-state index contributed by atoms with van der Waals surface area (Å²) in [4.78, 5) is 12.5. The van der Waals surface area contributed by atoms with Crippen molar-refractivity contribution in [1.82, 2.24) is 0 Å². The van der Waals surface area contributed by atoms with E-state index in [9.17, 15) is 4.79 Å². The molecule has 0 saturated carbocycles. The van der Waals surface area contributed by atoms with E-state index >= 15 is 0 Å². The highest BCUT2D eigenvalue weighted by Gasteiger charge is 2.16. The van der Waals surface area contributed by atoms with Gasteiger partial charge in [-0.2, -0.15) is 0 Å². The van der Waals surface area contributed by atoms with E-state index in [-0.39, 0.29) is 14.1 Å². The van der Waals surface area contributed by atoms with Crippen molar-refractivity contribution in [3.8, 4) is 5.75 Å². The number of halogens is 2. The van der Waals surface area contributed by atoms with Crippen LogP contribution in [-0.2, 0) is 0 Å². The van der Waals surface area contributed by atoms with Gasteiger partial charge < -0.3 is 4.74 Å². The summed E-state index contributed by atoms with van der Waals surface area (Å²) in [6.07, 6.45) is 3.41. The third-order valence-corrected chi connectivity index (χ3v) is 5.59. The van der Waals surface area contributed by atoms with Crippen molar-refractivity contribution in [1.29, 1.82) is 0 Å². The molecule has 2 nitrogen and oxygen atoms in total. The average Bonchev–Trinajstić information content (AvgIpc) is 2.54. The Labute approximate surface area is 155 Å². The van der Waals surface area contributed by atoms with Gasteiger partial charge in [-0.25, -0.2) is 0 Å². The summed E-state index contributed by atoms with van der Waals surface area (Å²) >= 11 is 12.2. The van der Waals surface area contributed by atoms with Gasteiger partial charge in [0.05, 0.1) is 22.2 Å². The summed E-state index contributed by atoms with van der Waals surface area (Å²) < 4.78 is 5.75. The fourth-order valence-electron chi connectivity index (χ4n) is 2.31. The molecule has 1 atom stereocenters. The molecule has 0 saturated heterocycles. The summed E-state index contributed by atoms with van der Waals surface area (Å²) in [5.74, 6) is 0.848. The maximum absolute atomic E-state index is 12.5. The number of carbonyl (C=O) groups is 1. The maximum Gasteiger partial charge on any atom is 0.188 e. The summed E-state index contributed by atoms with van der Waals surface area (Å²) in [6, 6.07) is 11.0. The molecule has 5 heteroatoms. The van der Waals surface area contributed by atoms with Crippen molar-refractivity contribution in [2.75, 3.05) is 6.61 Å². The first-order valence-electron chi connectivity index (χ1n) is 8.01. The van der Waals surface area contributed by atoms with Crippen molar-refractivity contribution in [3.63, 3.8) is 0 Å². The molecule has 0 aliphatic rings. The fourth-order valence-corrected chi connectivity index (χ4v) is 4.11. The zero-order chi connectivity index (χ0) is 17.5. The number of aryl methyl sites for hydroxylation is 1. The Bertz CT molecular complexity index is 696. The van der Waals surface area contributed by atoms with Crippen LogP contribution in [0.5, 0.6) is 5.75 Å². The second-order valence-electron chi connectivity index (χ2n) is 5.58. The predicted molar refractivity (Wildman–Crippen MR) is 105 cm³/mol. The number of carbonyl (C=O) groups excluding carboxylic acids is 1. The smallest absolute Gasteiger partial charge is 0.188 e. The minimum absolute atomic E-state index is 0.0173. The van der Waals surface area contributed by atoms with Gasteiger partial charge in [0.1, 0.15) is 5.75 Å². The summed E-state index contributed by atoms with van der Waals surface area (Å²) in [6.45, 7) is 4.88. The summed E-state index contributed by atoms with van der Waals surface area (Å²) in [5, 5.41) is 1.78. The third-order valence-electron chi connectivity index (χ3n) is 3.65. The molecule has 2 aromatic rings. The van der Waals surface area contributed by atoms with Gasteiger partial charge >= 0.3 is 0 Å². The maximum atomic E-state index is 12.5. The molecule has 0 aliphatic carbocycles. The third kappa shape index (κ3) is 5.21. The molecular weight excluding hydrogens is 362 g/mol. The van der Waals surface area contributed by atoms with E-state index in [1.807, 2.05) is 25.1 Å². The highest BCUT2D eigenvalue weighted by Crippen LogP contribution is 2.31. The lowest BCUT2D eigenvalue weighted by atomic mass is 10.2. The first-order chi connectivity index (χ1) is 11.5. The molecular formula is C19H21Cl2O2P. The van der Waals surface area contributed by atoms with Gasteiger partial charge in [0, 0.05) is 0 Å². The molecule has 0 bridgehead atoms. The van der Waals surface area contributed by atoms with Crippen LogP contribution in [0.25, 0.3) is 0 Å². The number of ether oxygens (including phenoxy) is 1. The zero-order valence-corrected chi connectivity index (χ0v) is 16.4. The lowest BCUT2D eigenvalue weighted by molar-refractivity contribution is 0.108. The molecule has 2 rings (SSSR count). The van der Waals surface area contributed by atoms with Crippen molar-refractivity contribution < 1.29 is 9.53 Å². The van der Waals surface area contributed by atoms with Gasteiger partial charge in [-0.3, -0.25) is 4.79 Å². The Kier molecular flexibility index (Phi) is 7.55. The Morgan fingerprint density at radius 1 is 1.12 bits per heavy atom. The number of hydrogen-bond donors (Lipinski definition) is 0. The Morgan fingerprint density at radius 3 is 2.46 bits per heavy atom. The van der Waals surface area contributed by atoms with E-state index in [0.717, 1.165) is 29.6 Å². The first kappa shape index (κ1) is 19.2. The molecule has 0 spiro atoms. The fraction of sp³-hybridized carbons (Fsp3) is 0.316. The Hall–Kier alpha value is -1.08. The number of benzene rings is 2. The van der Waals surface area contributed by atoms with Crippen LogP contribution in [0.4, 0.5) is 0 Å². The summed E-state index contributed by atoms with van der Waals surface area (Å²) in [7, 11) is -0.0173. The SMILES string of the molecule is CCCCCOc1ccc(PC(=O)c2c(Cl)cccc2Cl)c(C)c1. The molecule has 0 N–H and O–H groups in total. The van der Waals surface area contributed by atoms with Crippen LogP contribution in [0.2, 0.25) is 10.0 Å². The number of unbranched alkanes of at least 4 members (excludes halogenated alkanes) is 2. The summed E-state index contributed by atoms with van der Waals surface area (Å²) in [5.41, 5.74) is 1.39. The second-order valence-corrected chi connectivity index (χ2v) is 7.64. The molecule has 0 fully saturated rings.